The van der Waals surface area contributed by atoms with Crippen LogP contribution in [0.15, 0.2) is 78.3 Å². The largest absolute Gasteiger partial charge is 0.397 e. The van der Waals surface area contributed by atoms with Gasteiger partial charge in [-0.2, -0.15) is 0 Å². The molecule has 0 radical (unpaired) electrons. The number of aromatic nitrogens is 3. The second-order valence-electron chi connectivity index (χ2n) is 7.26. The van der Waals surface area contributed by atoms with Crippen molar-refractivity contribution in [1.82, 2.24) is 14.4 Å². The number of rotatable bonds is 5. The first kappa shape index (κ1) is 19.8. The van der Waals surface area contributed by atoms with Gasteiger partial charge in [0.1, 0.15) is 11.3 Å². The van der Waals surface area contributed by atoms with E-state index in [0.717, 1.165) is 33.5 Å². The van der Waals surface area contributed by atoms with E-state index in [4.69, 9.17) is 10.7 Å². The number of anilines is 4. The van der Waals surface area contributed by atoms with Gasteiger partial charge in [-0.15, -0.1) is 11.3 Å². The van der Waals surface area contributed by atoms with Crippen LogP contribution in [0.1, 0.15) is 16.1 Å². The van der Waals surface area contributed by atoms with Gasteiger partial charge in [0, 0.05) is 22.8 Å². The molecular weight excluding hydrogens is 420 g/mol. The number of thiazole rings is 1. The highest BCUT2D eigenvalue weighted by atomic mass is 32.1. The van der Waals surface area contributed by atoms with Crippen molar-refractivity contribution in [2.24, 2.45) is 0 Å². The van der Waals surface area contributed by atoms with Gasteiger partial charge < -0.3 is 16.4 Å². The number of amides is 1. The topological polar surface area (TPSA) is 97.3 Å². The van der Waals surface area contributed by atoms with E-state index in [1.807, 2.05) is 65.4 Å². The molecule has 0 bridgehead atoms. The summed E-state index contributed by atoms with van der Waals surface area (Å²) in [5, 5.41) is 8.91. The van der Waals surface area contributed by atoms with Gasteiger partial charge in [-0.05, 0) is 55.5 Å². The van der Waals surface area contributed by atoms with E-state index in [-0.39, 0.29) is 5.91 Å². The Hall–Kier alpha value is -4.17. The summed E-state index contributed by atoms with van der Waals surface area (Å²) in [4.78, 5) is 21.8. The number of para-hydroxylation sites is 2. The average Bonchev–Trinajstić information content (AvgIpc) is 3.38. The average molecular weight is 441 g/mol. The van der Waals surface area contributed by atoms with Crippen molar-refractivity contribution < 1.29 is 4.79 Å². The van der Waals surface area contributed by atoms with E-state index in [0.29, 0.717) is 16.9 Å². The molecule has 0 fully saturated rings. The molecule has 0 atom stereocenters. The van der Waals surface area contributed by atoms with E-state index < -0.39 is 0 Å². The van der Waals surface area contributed by atoms with Gasteiger partial charge in [-0.25, -0.2) is 9.97 Å². The Kier molecular flexibility index (Phi) is 5.04. The van der Waals surface area contributed by atoms with Crippen LogP contribution in [0.25, 0.3) is 17.0 Å². The Morgan fingerprint density at radius 2 is 1.78 bits per heavy atom. The lowest BCUT2D eigenvalue weighted by Crippen LogP contribution is -2.13. The van der Waals surface area contributed by atoms with Gasteiger partial charge in [-0.1, -0.05) is 18.2 Å². The number of aryl methyl sites for hydroxylation is 1. The summed E-state index contributed by atoms with van der Waals surface area (Å²) in [6, 6.07) is 20.3. The molecule has 8 heteroatoms. The number of carbonyl (C=O) groups is 1. The highest BCUT2D eigenvalue weighted by molar-refractivity contribution is 7.14. The third-order valence-electron chi connectivity index (χ3n) is 5.06. The lowest BCUT2D eigenvalue weighted by Gasteiger charge is -2.08. The normalized spacial score (nSPS) is 10.9. The third kappa shape index (κ3) is 3.79. The summed E-state index contributed by atoms with van der Waals surface area (Å²) in [5.41, 5.74) is 12.1. The Bertz CT molecular complexity index is 1420. The smallest absolute Gasteiger partial charge is 0.255 e. The number of hydrogen-bond acceptors (Lipinski definition) is 6. The number of fused-ring (bicyclic) bond motifs is 1. The number of nitrogens with one attached hydrogen (secondary N) is 2. The quantitative estimate of drug-likeness (QED) is 0.320. The molecule has 4 N–H and O–H groups in total. The predicted molar refractivity (Wildman–Crippen MR) is 130 cm³/mol. The Labute approximate surface area is 188 Å². The molecule has 0 spiro atoms. The zero-order valence-corrected chi connectivity index (χ0v) is 18.1. The van der Waals surface area contributed by atoms with Crippen LogP contribution in [0.2, 0.25) is 0 Å². The molecule has 0 aliphatic carbocycles. The van der Waals surface area contributed by atoms with Crippen molar-refractivity contribution in [3.05, 3.63) is 89.6 Å². The second-order valence-corrected chi connectivity index (χ2v) is 8.11. The lowest BCUT2D eigenvalue weighted by molar-refractivity contribution is 0.102. The van der Waals surface area contributed by atoms with Crippen molar-refractivity contribution in [1.29, 1.82) is 0 Å². The molecule has 7 nitrogen and oxygen atoms in total. The lowest BCUT2D eigenvalue weighted by atomic mass is 10.2. The van der Waals surface area contributed by atoms with E-state index in [9.17, 15) is 4.79 Å². The van der Waals surface area contributed by atoms with Gasteiger partial charge in [-0.3, -0.25) is 9.20 Å². The number of imidazole rings is 1. The van der Waals surface area contributed by atoms with Crippen LogP contribution < -0.4 is 16.4 Å². The van der Waals surface area contributed by atoms with E-state index in [1.165, 1.54) is 11.3 Å². The number of benzene rings is 2. The molecule has 5 rings (SSSR count). The fraction of sp³-hybridized carbons (Fsp3) is 0.0417. The maximum absolute atomic E-state index is 12.5. The third-order valence-corrected chi connectivity index (χ3v) is 5.82. The summed E-state index contributed by atoms with van der Waals surface area (Å²) >= 11 is 1.52. The van der Waals surface area contributed by atoms with E-state index >= 15 is 0 Å². The molecule has 3 aromatic heterocycles. The van der Waals surface area contributed by atoms with Gasteiger partial charge in [0.15, 0.2) is 5.13 Å². The second kappa shape index (κ2) is 8.16. The SMILES string of the molecule is Cc1nc2ccccn2c1-c1csc(Nc2ccc(C(=O)Nc3ccccc3N)cc2)n1. The summed E-state index contributed by atoms with van der Waals surface area (Å²) in [6.07, 6.45) is 1.99. The van der Waals surface area contributed by atoms with Crippen molar-refractivity contribution in [3.8, 4) is 11.4 Å². The maximum atomic E-state index is 12.5. The summed E-state index contributed by atoms with van der Waals surface area (Å²) in [7, 11) is 0. The van der Waals surface area contributed by atoms with Crippen LogP contribution >= 0.6 is 11.3 Å². The minimum atomic E-state index is -0.214. The fourth-order valence-electron chi connectivity index (χ4n) is 3.50. The molecular formula is C24H20N6OS. The van der Waals surface area contributed by atoms with Gasteiger partial charge in [0.25, 0.3) is 5.91 Å². The summed E-state index contributed by atoms with van der Waals surface area (Å²) in [6.45, 7) is 1.99. The standard InChI is InChI=1S/C24H20N6OS/c1-15-22(30-13-5-4-8-21(30)26-15)20-14-32-24(29-20)27-17-11-9-16(10-12-17)23(31)28-19-7-3-2-6-18(19)25/h2-14H,25H2,1H3,(H,27,29)(H,28,31). The molecule has 0 saturated heterocycles. The number of pyridine rings is 1. The van der Waals surface area contributed by atoms with Crippen molar-refractivity contribution in [2.45, 2.75) is 6.92 Å². The Morgan fingerprint density at radius 3 is 2.59 bits per heavy atom. The Morgan fingerprint density at radius 1 is 1.00 bits per heavy atom. The number of nitrogens with zero attached hydrogens (tertiary/aromatic N) is 3. The summed E-state index contributed by atoms with van der Waals surface area (Å²) < 4.78 is 2.04. The van der Waals surface area contributed by atoms with Crippen molar-refractivity contribution >= 4 is 45.1 Å². The minimum Gasteiger partial charge on any atom is -0.397 e. The number of hydrogen-bond donors (Lipinski definition) is 3. The number of nitrogens with two attached hydrogens (primary N) is 1. The molecule has 1 amide bonds. The van der Waals surface area contributed by atoms with Crippen molar-refractivity contribution in [2.75, 3.05) is 16.4 Å². The van der Waals surface area contributed by atoms with Gasteiger partial charge >= 0.3 is 0 Å². The fourth-order valence-corrected chi connectivity index (χ4v) is 4.21. The molecule has 2 aromatic carbocycles. The molecule has 5 aromatic rings. The number of carbonyl (C=O) groups excluding carboxylic acids is 1. The zero-order chi connectivity index (χ0) is 22.1. The first-order valence-corrected chi connectivity index (χ1v) is 10.9. The zero-order valence-electron chi connectivity index (χ0n) is 17.2. The van der Waals surface area contributed by atoms with Crippen LogP contribution in [-0.2, 0) is 0 Å². The van der Waals surface area contributed by atoms with E-state index in [1.54, 1.807) is 24.3 Å². The van der Waals surface area contributed by atoms with Crippen LogP contribution in [0.3, 0.4) is 0 Å². The van der Waals surface area contributed by atoms with Crippen LogP contribution in [0, 0.1) is 6.92 Å². The van der Waals surface area contributed by atoms with Crippen LogP contribution in [0.5, 0.6) is 0 Å². The van der Waals surface area contributed by atoms with Gasteiger partial charge in [0.2, 0.25) is 0 Å². The molecule has 0 unspecified atom stereocenters. The van der Waals surface area contributed by atoms with Crippen molar-refractivity contribution in [3.63, 3.8) is 0 Å². The predicted octanol–water partition coefficient (Wildman–Crippen LogP) is 5.34. The molecule has 3 heterocycles. The molecule has 158 valence electrons. The van der Waals surface area contributed by atoms with Gasteiger partial charge in [0.05, 0.1) is 22.8 Å². The first-order valence-electron chi connectivity index (χ1n) is 10.0. The van der Waals surface area contributed by atoms with Crippen LogP contribution in [0.4, 0.5) is 22.2 Å². The minimum absolute atomic E-state index is 0.214. The summed E-state index contributed by atoms with van der Waals surface area (Å²) in [5.74, 6) is -0.214. The maximum Gasteiger partial charge on any atom is 0.255 e. The number of nitrogen functional groups attached to an aromatic ring is 1. The highest BCUT2D eigenvalue weighted by Gasteiger charge is 2.14. The first-order chi connectivity index (χ1) is 15.6. The van der Waals surface area contributed by atoms with Crippen LogP contribution in [-0.4, -0.2) is 20.3 Å². The van der Waals surface area contributed by atoms with E-state index in [2.05, 4.69) is 15.6 Å². The highest BCUT2D eigenvalue weighted by Crippen LogP contribution is 2.30. The molecule has 0 aliphatic rings. The molecule has 0 saturated carbocycles. The molecule has 32 heavy (non-hydrogen) atoms. The molecule has 0 aliphatic heterocycles. The monoisotopic (exact) mass is 440 g/mol. The Balaban J connectivity index is 1.31.